The van der Waals surface area contributed by atoms with Gasteiger partial charge in [0.15, 0.2) is 0 Å². The molecule has 3 nitrogen and oxygen atoms in total. The van der Waals surface area contributed by atoms with E-state index in [-0.39, 0.29) is 0 Å². The maximum Gasteiger partial charge on any atom is 0.0737 e. The van der Waals surface area contributed by atoms with Crippen LogP contribution in [0.4, 0.5) is 0 Å². The van der Waals surface area contributed by atoms with E-state index >= 15 is 0 Å². The van der Waals surface area contributed by atoms with E-state index in [1.54, 1.807) is 0 Å². The van der Waals surface area contributed by atoms with Gasteiger partial charge in [-0.05, 0) is 69.0 Å². The lowest BCUT2D eigenvalue weighted by molar-refractivity contribution is 0.455. The first-order valence-corrected chi connectivity index (χ1v) is 12.1. The molecule has 0 aliphatic carbocycles. The molecule has 3 rings (SSSR count). The molecular formula is C28H45N3. The van der Waals surface area contributed by atoms with Crippen LogP contribution in [0.5, 0.6) is 0 Å². The van der Waals surface area contributed by atoms with Crippen LogP contribution in [0, 0.1) is 5.92 Å². The molecule has 0 spiro atoms. The molecule has 1 aliphatic heterocycles. The van der Waals surface area contributed by atoms with Gasteiger partial charge in [-0.1, -0.05) is 78.3 Å². The number of benzene rings is 1. The number of aliphatic imine (C=N–C) groups is 1. The summed E-state index contributed by atoms with van der Waals surface area (Å²) in [5.74, 6) is 0.576. The third-order valence-electron chi connectivity index (χ3n) is 4.73. The average Bonchev–Trinajstić information content (AvgIpc) is 2.86. The second-order valence-corrected chi connectivity index (χ2v) is 7.06. The summed E-state index contributed by atoms with van der Waals surface area (Å²) in [6.45, 7) is 18.8. The van der Waals surface area contributed by atoms with Gasteiger partial charge in [0.2, 0.25) is 0 Å². The van der Waals surface area contributed by atoms with Gasteiger partial charge in [-0.2, -0.15) is 0 Å². The predicted octanol–water partition coefficient (Wildman–Crippen LogP) is 7.90. The second-order valence-electron chi connectivity index (χ2n) is 7.06. The van der Waals surface area contributed by atoms with E-state index in [0.717, 1.165) is 24.4 Å². The topological polar surface area (TPSA) is 37.3 Å². The molecule has 0 atom stereocenters. The first-order valence-electron chi connectivity index (χ1n) is 12.1. The minimum Gasteiger partial charge on any atom is -0.317 e. The Morgan fingerprint density at radius 1 is 0.871 bits per heavy atom. The molecule has 0 amide bonds. The van der Waals surface area contributed by atoms with Crippen molar-refractivity contribution in [3.63, 3.8) is 0 Å². The van der Waals surface area contributed by atoms with Crippen molar-refractivity contribution < 1.29 is 0 Å². The SMILES string of the molecule is CC.CC.CC(=N/C(=C(\C)c1ccccc1)c1ccncc1)C1CCNCC1.CCC. The zero-order chi connectivity index (χ0) is 23.5. The monoisotopic (exact) mass is 423 g/mol. The summed E-state index contributed by atoms with van der Waals surface area (Å²) in [4.78, 5) is 9.24. The van der Waals surface area contributed by atoms with Crippen LogP contribution in [-0.2, 0) is 0 Å². The van der Waals surface area contributed by atoms with Crippen LogP contribution in [0.1, 0.15) is 85.8 Å². The molecule has 31 heavy (non-hydrogen) atoms. The number of allylic oxidation sites excluding steroid dienone is 1. The number of nitrogens with zero attached hydrogens (tertiary/aromatic N) is 2. The highest BCUT2D eigenvalue weighted by molar-refractivity contribution is 5.97. The number of nitrogens with one attached hydrogen (secondary N) is 1. The number of hydrogen-bond donors (Lipinski definition) is 1. The van der Waals surface area contributed by atoms with Crippen molar-refractivity contribution in [2.24, 2.45) is 10.9 Å². The highest BCUT2D eigenvalue weighted by Crippen LogP contribution is 2.28. The van der Waals surface area contributed by atoms with Gasteiger partial charge in [-0.15, -0.1) is 0 Å². The third-order valence-corrected chi connectivity index (χ3v) is 4.73. The van der Waals surface area contributed by atoms with Gasteiger partial charge in [0.1, 0.15) is 0 Å². The summed E-state index contributed by atoms with van der Waals surface area (Å²) >= 11 is 0. The molecule has 1 N–H and O–H groups in total. The van der Waals surface area contributed by atoms with Gasteiger partial charge in [0.25, 0.3) is 0 Å². The minimum atomic E-state index is 0.576. The number of rotatable bonds is 4. The first kappa shape index (κ1) is 28.7. The van der Waals surface area contributed by atoms with Crippen molar-refractivity contribution in [2.45, 2.75) is 74.7 Å². The zero-order valence-corrected chi connectivity index (χ0v) is 21.2. The van der Waals surface area contributed by atoms with Crippen LogP contribution in [0.15, 0.2) is 59.9 Å². The lowest BCUT2D eigenvalue weighted by Crippen LogP contribution is -2.31. The van der Waals surface area contributed by atoms with Gasteiger partial charge in [0.05, 0.1) is 5.70 Å². The number of pyridine rings is 1. The van der Waals surface area contributed by atoms with Crippen molar-refractivity contribution in [3.05, 3.63) is 66.0 Å². The van der Waals surface area contributed by atoms with E-state index in [9.17, 15) is 0 Å². The smallest absolute Gasteiger partial charge is 0.0737 e. The molecule has 172 valence electrons. The van der Waals surface area contributed by atoms with Crippen LogP contribution in [0.2, 0.25) is 0 Å². The average molecular weight is 424 g/mol. The minimum absolute atomic E-state index is 0.576. The van der Waals surface area contributed by atoms with Gasteiger partial charge in [-0.3, -0.25) is 9.98 Å². The summed E-state index contributed by atoms with van der Waals surface area (Å²) in [5, 5.41) is 3.43. The second kappa shape index (κ2) is 18.5. The van der Waals surface area contributed by atoms with Crippen LogP contribution >= 0.6 is 0 Å². The van der Waals surface area contributed by atoms with Crippen LogP contribution in [0.25, 0.3) is 11.3 Å². The summed E-state index contributed by atoms with van der Waals surface area (Å²) in [6, 6.07) is 14.6. The Morgan fingerprint density at radius 3 is 1.90 bits per heavy atom. The Labute approximate surface area is 192 Å². The number of hydrogen-bond acceptors (Lipinski definition) is 3. The quantitative estimate of drug-likeness (QED) is 0.507. The Morgan fingerprint density at radius 2 is 1.39 bits per heavy atom. The zero-order valence-electron chi connectivity index (χ0n) is 21.2. The van der Waals surface area contributed by atoms with Crippen molar-refractivity contribution in [3.8, 4) is 0 Å². The molecule has 2 aromatic rings. The lowest BCUT2D eigenvalue weighted by Gasteiger charge is -2.23. The van der Waals surface area contributed by atoms with Gasteiger partial charge in [0, 0.05) is 23.7 Å². The molecule has 1 aliphatic rings. The summed E-state index contributed by atoms with van der Waals surface area (Å²) < 4.78 is 0. The fraction of sp³-hybridized carbons (Fsp3) is 0.500. The molecule has 0 bridgehead atoms. The van der Waals surface area contributed by atoms with E-state index in [2.05, 4.69) is 62.3 Å². The molecule has 1 aromatic heterocycles. The Kier molecular flexibility index (Phi) is 17.2. The number of piperidine rings is 1. The lowest BCUT2D eigenvalue weighted by atomic mass is 9.93. The molecular weight excluding hydrogens is 378 g/mol. The van der Waals surface area contributed by atoms with E-state index in [1.165, 1.54) is 36.1 Å². The molecule has 0 radical (unpaired) electrons. The third kappa shape index (κ3) is 10.5. The van der Waals surface area contributed by atoms with Gasteiger partial charge in [-0.25, -0.2) is 0 Å². The normalized spacial score (nSPS) is 14.5. The van der Waals surface area contributed by atoms with Crippen LogP contribution in [-0.4, -0.2) is 23.8 Å². The molecule has 3 heteroatoms. The Balaban J connectivity index is 0.00000116. The van der Waals surface area contributed by atoms with E-state index in [0.29, 0.717) is 5.92 Å². The van der Waals surface area contributed by atoms with E-state index < -0.39 is 0 Å². The standard InChI is InChI=1S/C21H25N3.C3H8.2C2H6/c1-16(18-6-4-3-5-7-18)21(20-10-14-23-15-11-20)24-17(2)19-8-12-22-13-9-19;1-3-2;2*1-2/h3-7,10-11,14-15,19,22H,8-9,12-13H2,1-2H3;3H2,1-2H3;2*1-2H3/b21-16+,24-17?;;;. The molecule has 2 heterocycles. The fourth-order valence-electron chi connectivity index (χ4n) is 3.21. The van der Waals surface area contributed by atoms with Crippen molar-refractivity contribution >= 4 is 17.0 Å². The molecule has 0 saturated carbocycles. The van der Waals surface area contributed by atoms with Gasteiger partial charge < -0.3 is 5.32 Å². The van der Waals surface area contributed by atoms with Crippen molar-refractivity contribution in [1.82, 2.24) is 10.3 Å². The Bertz CT molecular complexity index is 727. The molecule has 1 aromatic carbocycles. The molecule has 0 unspecified atom stereocenters. The summed E-state index contributed by atoms with van der Waals surface area (Å²) in [6.07, 6.45) is 7.26. The summed E-state index contributed by atoms with van der Waals surface area (Å²) in [7, 11) is 0. The Hall–Kier alpha value is -2.26. The fourth-order valence-corrected chi connectivity index (χ4v) is 3.21. The predicted molar refractivity (Wildman–Crippen MR) is 141 cm³/mol. The summed E-state index contributed by atoms with van der Waals surface area (Å²) in [5.41, 5.74) is 5.83. The van der Waals surface area contributed by atoms with E-state index in [1.807, 2.05) is 58.3 Å². The molecule has 1 saturated heterocycles. The number of aromatic nitrogens is 1. The largest absolute Gasteiger partial charge is 0.317 e. The highest BCUT2D eigenvalue weighted by atomic mass is 14.9. The van der Waals surface area contributed by atoms with Crippen LogP contribution in [0.3, 0.4) is 0 Å². The highest BCUT2D eigenvalue weighted by Gasteiger charge is 2.17. The van der Waals surface area contributed by atoms with E-state index in [4.69, 9.17) is 4.99 Å². The van der Waals surface area contributed by atoms with Crippen molar-refractivity contribution in [2.75, 3.05) is 13.1 Å². The van der Waals surface area contributed by atoms with Crippen molar-refractivity contribution in [1.29, 1.82) is 0 Å². The van der Waals surface area contributed by atoms with Gasteiger partial charge >= 0.3 is 0 Å². The van der Waals surface area contributed by atoms with Crippen LogP contribution < -0.4 is 5.32 Å². The maximum atomic E-state index is 5.09. The molecule has 1 fully saturated rings. The first-order chi connectivity index (χ1) is 15.2. The maximum absolute atomic E-state index is 5.09.